The topological polar surface area (TPSA) is 105 Å². The fraction of sp³-hybridized carbons (Fsp3) is 0. The molecule has 2 rings (SSSR count). The van der Waals surface area contributed by atoms with Gasteiger partial charge >= 0.3 is 0 Å². The average molecular weight is 285 g/mol. The lowest BCUT2D eigenvalue weighted by atomic mass is 10.2. The standard InChI is InChI=1S/C14H11N3O4/c18-13-7-1-10(2-8-13)9-15-16-14(19)11-3-5-12(6-4-11)17(20)21/h1-9,18H,(H,16,19). The minimum atomic E-state index is -0.537. The van der Waals surface area contributed by atoms with Crippen LogP contribution < -0.4 is 5.43 Å². The first-order valence-electron chi connectivity index (χ1n) is 5.93. The van der Waals surface area contributed by atoms with Crippen LogP contribution in [-0.4, -0.2) is 22.2 Å². The van der Waals surface area contributed by atoms with E-state index in [1.807, 2.05) is 0 Å². The molecule has 0 unspecified atom stereocenters. The first kappa shape index (κ1) is 14.2. The smallest absolute Gasteiger partial charge is 0.271 e. The number of aromatic hydroxyl groups is 1. The van der Waals surface area contributed by atoms with Crippen molar-refractivity contribution < 1.29 is 14.8 Å². The molecule has 2 aromatic carbocycles. The Balaban J connectivity index is 1.98. The molecule has 0 saturated carbocycles. The molecule has 0 atom stereocenters. The minimum absolute atomic E-state index is 0.0841. The first-order valence-corrected chi connectivity index (χ1v) is 5.93. The predicted molar refractivity (Wildman–Crippen MR) is 76.3 cm³/mol. The second-order valence-electron chi connectivity index (χ2n) is 4.09. The summed E-state index contributed by atoms with van der Waals surface area (Å²) in [4.78, 5) is 21.7. The Hall–Kier alpha value is -3.22. The van der Waals surface area contributed by atoms with Crippen molar-refractivity contribution in [2.45, 2.75) is 0 Å². The highest BCUT2D eigenvalue weighted by atomic mass is 16.6. The normalized spacial score (nSPS) is 10.5. The van der Waals surface area contributed by atoms with Crippen LogP contribution in [0.2, 0.25) is 0 Å². The van der Waals surface area contributed by atoms with E-state index < -0.39 is 10.8 Å². The van der Waals surface area contributed by atoms with Crippen LogP contribution in [0.1, 0.15) is 15.9 Å². The van der Waals surface area contributed by atoms with E-state index in [0.29, 0.717) is 5.56 Å². The number of nitro benzene ring substituents is 1. The number of non-ortho nitro benzene ring substituents is 1. The highest BCUT2D eigenvalue weighted by Gasteiger charge is 2.08. The van der Waals surface area contributed by atoms with Gasteiger partial charge in [0.15, 0.2) is 0 Å². The van der Waals surface area contributed by atoms with Crippen LogP contribution >= 0.6 is 0 Å². The Morgan fingerprint density at radius 2 is 1.76 bits per heavy atom. The van der Waals surface area contributed by atoms with Crippen molar-refractivity contribution in [1.82, 2.24) is 5.43 Å². The predicted octanol–water partition coefficient (Wildman–Crippen LogP) is 2.06. The summed E-state index contributed by atoms with van der Waals surface area (Å²) in [5, 5.41) is 23.4. The van der Waals surface area contributed by atoms with Crippen molar-refractivity contribution in [3.8, 4) is 5.75 Å². The number of hydrogen-bond acceptors (Lipinski definition) is 5. The molecule has 21 heavy (non-hydrogen) atoms. The molecule has 2 N–H and O–H groups in total. The van der Waals surface area contributed by atoms with E-state index in [1.54, 1.807) is 12.1 Å². The maximum Gasteiger partial charge on any atom is 0.271 e. The van der Waals surface area contributed by atoms with E-state index in [-0.39, 0.29) is 17.0 Å². The number of carbonyl (C=O) groups excluding carboxylic acids is 1. The molecule has 2 aromatic rings. The zero-order chi connectivity index (χ0) is 15.2. The van der Waals surface area contributed by atoms with Crippen LogP contribution in [0, 0.1) is 10.1 Å². The molecule has 0 heterocycles. The van der Waals surface area contributed by atoms with Gasteiger partial charge in [-0.15, -0.1) is 0 Å². The van der Waals surface area contributed by atoms with Gasteiger partial charge in [-0.2, -0.15) is 5.10 Å². The number of phenolic OH excluding ortho intramolecular Hbond substituents is 1. The molecule has 0 bridgehead atoms. The molecular weight excluding hydrogens is 274 g/mol. The summed E-state index contributed by atoms with van der Waals surface area (Å²) in [7, 11) is 0. The number of rotatable bonds is 4. The maximum atomic E-state index is 11.7. The summed E-state index contributed by atoms with van der Waals surface area (Å²) in [6, 6.07) is 11.5. The number of hydrogen-bond donors (Lipinski definition) is 2. The van der Waals surface area contributed by atoms with Crippen LogP contribution in [0.25, 0.3) is 0 Å². The van der Waals surface area contributed by atoms with Crippen molar-refractivity contribution in [2.75, 3.05) is 0 Å². The SMILES string of the molecule is O=C(NN=Cc1ccc(O)cc1)c1ccc([N+](=O)[O-])cc1. The second-order valence-corrected chi connectivity index (χ2v) is 4.09. The number of nitro groups is 1. The van der Waals surface area contributed by atoms with Gasteiger partial charge in [0, 0.05) is 17.7 Å². The van der Waals surface area contributed by atoms with Gasteiger partial charge in [-0.1, -0.05) is 0 Å². The zero-order valence-electron chi connectivity index (χ0n) is 10.8. The molecule has 0 fully saturated rings. The van der Waals surface area contributed by atoms with Crippen LogP contribution in [0.3, 0.4) is 0 Å². The fourth-order valence-corrected chi connectivity index (χ4v) is 1.52. The van der Waals surface area contributed by atoms with E-state index in [0.717, 1.165) is 0 Å². The minimum Gasteiger partial charge on any atom is -0.508 e. The van der Waals surface area contributed by atoms with Gasteiger partial charge in [0.1, 0.15) is 5.75 Å². The lowest BCUT2D eigenvalue weighted by molar-refractivity contribution is -0.384. The molecule has 0 aliphatic heterocycles. The Morgan fingerprint density at radius 3 is 2.33 bits per heavy atom. The fourth-order valence-electron chi connectivity index (χ4n) is 1.52. The van der Waals surface area contributed by atoms with E-state index >= 15 is 0 Å². The van der Waals surface area contributed by atoms with E-state index in [9.17, 15) is 14.9 Å². The van der Waals surface area contributed by atoms with Gasteiger partial charge in [-0.3, -0.25) is 14.9 Å². The summed E-state index contributed by atoms with van der Waals surface area (Å²) in [6.45, 7) is 0. The monoisotopic (exact) mass is 285 g/mol. The molecule has 1 amide bonds. The van der Waals surface area contributed by atoms with Crippen LogP contribution in [-0.2, 0) is 0 Å². The van der Waals surface area contributed by atoms with E-state index in [4.69, 9.17) is 5.11 Å². The molecule has 0 aliphatic carbocycles. The molecule has 0 saturated heterocycles. The molecule has 106 valence electrons. The molecule has 7 nitrogen and oxygen atoms in total. The number of phenols is 1. The van der Waals surface area contributed by atoms with Gasteiger partial charge in [0.05, 0.1) is 11.1 Å². The van der Waals surface area contributed by atoms with Gasteiger partial charge < -0.3 is 5.11 Å². The number of benzene rings is 2. The Morgan fingerprint density at radius 1 is 1.14 bits per heavy atom. The van der Waals surface area contributed by atoms with Crippen molar-refractivity contribution in [2.24, 2.45) is 5.10 Å². The highest BCUT2D eigenvalue weighted by molar-refractivity contribution is 5.95. The molecule has 0 aliphatic rings. The Kier molecular flexibility index (Phi) is 4.25. The Labute approximate surface area is 119 Å². The van der Waals surface area contributed by atoms with Crippen molar-refractivity contribution in [3.05, 3.63) is 69.8 Å². The number of hydrazone groups is 1. The zero-order valence-corrected chi connectivity index (χ0v) is 10.8. The summed E-state index contributed by atoms with van der Waals surface area (Å²) in [5.41, 5.74) is 3.20. The maximum absolute atomic E-state index is 11.7. The van der Waals surface area contributed by atoms with Crippen molar-refractivity contribution in [1.29, 1.82) is 0 Å². The van der Waals surface area contributed by atoms with E-state index in [2.05, 4.69) is 10.5 Å². The van der Waals surface area contributed by atoms with E-state index in [1.165, 1.54) is 42.6 Å². The molecule has 7 heteroatoms. The third-order valence-corrected chi connectivity index (χ3v) is 2.61. The largest absolute Gasteiger partial charge is 0.508 e. The molecular formula is C14H11N3O4. The quantitative estimate of drug-likeness (QED) is 0.509. The van der Waals surface area contributed by atoms with Crippen LogP contribution in [0.4, 0.5) is 5.69 Å². The summed E-state index contributed by atoms with van der Waals surface area (Å²) in [6.07, 6.45) is 1.42. The Bertz CT molecular complexity index is 678. The van der Waals surface area contributed by atoms with Gasteiger partial charge in [-0.25, -0.2) is 5.43 Å². The molecule has 0 spiro atoms. The number of carbonyl (C=O) groups is 1. The van der Waals surface area contributed by atoms with Gasteiger partial charge in [-0.05, 0) is 42.0 Å². The summed E-state index contributed by atoms with van der Waals surface area (Å²) >= 11 is 0. The number of nitrogens with zero attached hydrogens (tertiary/aromatic N) is 2. The second kappa shape index (κ2) is 6.29. The van der Waals surface area contributed by atoms with Crippen molar-refractivity contribution >= 4 is 17.8 Å². The third-order valence-electron chi connectivity index (χ3n) is 2.61. The average Bonchev–Trinajstić information content (AvgIpc) is 2.49. The summed E-state index contributed by atoms with van der Waals surface area (Å²) in [5.74, 6) is -0.331. The van der Waals surface area contributed by atoms with Crippen molar-refractivity contribution in [3.63, 3.8) is 0 Å². The third kappa shape index (κ3) is 3.87. The lowest BCUT2D eigenvalue weighted by Crippen LogP contribution is -2.17. The highest BCUT2D eigenvalue weighted by Crippen LogP contribution is 2.11. The lowest BCUT2D eigenvalue weighted by Gasteiger charge is -1.99. The molecule has 0 radical (unpaired) electrons. The molecule has 0 aromatic heterocycles. The summed E-state index contributed by atoms with van der Waals surface area (Å²) < 4.78 is 0. The number of amides is 1. The number of nitrogens with one attached hydrogen (secondary N) is 1. The first-order chi connectivity index (χ1) is 10.1. The van der Waals surface area contributed by atoms with Crippen LogP contribution in [0.5, 0.6) is 5.75 Å². The van der Waals surface area contributed by atoms with Gasteiger partial charge in [0.25, 0.3) is 11.6 Å². The van der Waals surface area contributed by atoms with Gasteiger partial charge in [0.2, 0.25) is 0 Å². The van der Waals surface area contributed by atoms with Crippen LogP contribution in [0.15, 0.2) is 53.6 Å².